The summed E-state index contributed by atoms with van der Waals surface area (Å²) in [5.74, 6) is 0. The van der Waals surface area contributed by atoms with E-state index in [1.807, 2.05) is 31.2 Å². The van der Waals surface area contributed by atoms with Gasteiger partial charge in [-0.3, -0.25) is 5.73 Å². The molecular formula is C8H8NS. The average Bonchev–Trinajstić information content (AvgIpc) is 1.88. The molecule has 0 bridgehead atoms. The summed E-state index contributed by atoms with van der Waals surface area (Å²) in [7, 11) is 0. The van der Waals surface area contributed by atoms with Gasteiger partial charge in [0.2, 0.25) is 0 Å². The molecule has 51 valence electrons. The van der Waals surface area contributed by atoms with E-state index in [4.69, 9.17) is 18.0 Å². The second-order valence-corrected chi connectivity index (χ2v) is 2.55. The Kier molecular flexibility index (Phi) is 2.02. The summed E-state index contributed by atoms with van der Waals surface area (Å²) in [5.41, 5.74) is 9.12. The van der Waals surface area contributed by atoms with Gasteiger partial charge in [-0.05, 0) is 12.5 Å². The molecule has 0 amide bonds. The molecule has 1 radical (unpaired) electrons. The van der Waals surface area contributed by atoms with Crippen LogP contribution in [0.15, 0.2) is 24.3 Å². The fourth-order valence-corrected chi connectivity index (χ4v) is 1.06. The van der Waals surface area contributed by atoms with Crippen molar-refractivity contribution >= 4 is 17.2 Å². The van der Waals surface area contributed by atoms with E-state index in [1.165, 1.54) is 0 Å². The van der Waals surface area contributed by atoms with Crippen molar-refractivity contribution in [3.63, 3.8) is 0 Å². The number of hydrogen-bond acceptors (Lipinski definition) is 1. The molecule has 2 heteroatoms. The minimum atomic E-state index is 0.220. The molecule has 0 fully saturated rings. The highest BCUT2D eigenvalue weighted by Gasteiger charge is 1.97. The van der Waals surface area contributed by atoms with Crippen LogP contribution in [-0.4, -0.2) is 4.99 Å². The summed E-state index contributed by atoms with van der Waals surface area (Å²) >= 11 is 4.72. The average molecular weight is 150 g/mol. The quantitative estimate of drug-likeness (QED) is 0.561. The van der Waals surface area contributed by atoms with Gasteiger partial charge in [-0.25, -0.2) is 0 Å². The molecule has 1 nitrogen and oxygen atoms in total. The number of thiocarbonyl (C=S) groups is 1. The first-order valence-corrected chi connectivity index (χ1v) is 3.44. The molecule has 1 N–H and O–H groups in total. The number of hydrogen-bond donors (Lipinski definition) is 0. The Labute approximate surface area is 65.9 Å². The fourth-order valence-electron chi connectivity index (χ4n) is 0.828. The van der Waals surface area contributed by atoms with Crippen molar-refractivity contribution in [1.29, 1.82) is 0 Å². The molecule has 1 aromatic carbocycles. The molecule has 10 heavy (non-hydrogen) atoms. The monoisotopic (exact) mass is 150 g/mol. The van der Waals surface area contributed by atoms with Crippen LogP contribution in [0.3, 0.4) is 0 Å². The third-order valence-electron chi connectivity index (χ3n) is 1.39. The highest BCUT2D eigenvalue weighted by atomic mass is 32.1. The van der Waals surface area contributed by atoms with E-state index >= 15 is 0 Å². The minimum absolute atomic E-state index is 0.220. The van der Waals surface area contributed by atoms with Crippen LogP contribution in [0.4, 0.5) is 0 Å². The maximum Gasteiger partial charge on any atom is 0.125 e. The van der Waals surface area contributed by atoms with Crippen LogP contribution in [0.2, 0.25) is 0 Å². The lowest BCUT2D eigenvalue weighted by Crippen LogP contribution is -1.98. The van der Waals surface area contributed by atoms with E-state index in [0.717, 1.165) is 11.1 Å². The molecule has 0 aliphatic heterocycles. The topological polar surface area (TPSA) is 23.8 Å². The predicted molar refractivity (Wildman–Crippen MR) is 46.0 cm³/mol. The maximum atomic E-state index is 7.19. The van der Waals surface area contributed by atoms with E-state index in [2.05, 4.69) is 0 Å². The first kappa shape index (κ1) is 7.22. The molecule has 0 saturated carbocycles. The zero-order valence-electron chi connectivity index (χ0n) is 5.72. The van der Waals surface area contributed by atoms with Gasteiger partial charge < -0.3 is 0 Å². The van der Waals surface area contributed by atoms with Crippen molar-refractivity contribution in [2.24, 2.45) is 0 Å². The molecule has 0 aromatic heterocycles. The Morgan fingerprint density at radius 2 is 2.00 bits per heavy atom. The Morgan fingerprint density at radius 1 is 1.40 bits per heavy atom. The largest absolute Gasteiger partial charge is 0.289 e. The van der Waals surface area contributed by atoms with E-state index in [9.17, 15) is 0 Å². The van der Waals surface area contributed by atoms with Gasteiger partial charge in [0.1, 0.15) is 4.99 Å². The smallest absolute Gasteiger partial charge is 0.125 e. The fraction of sp³-hybridized carbons (Fsp3) is 0.125. The van der Waals surface area contributed by atoms with Crippen molar-refractivity contribution in [3.8, 4) is 0 Å². The van der Waals surface area contributed by atoms with E-state index in [0.29, 0.717) is 0 Å². The van der Waals surface area contributed by atoms with Crippen molar-refractivity contribution < 1.29 is 0 Å². The molecule has 0 spiro atoms. The second-order valence-electron chi connectivity index (χ2n) is 2.14. The Morgan fingerprint density at radius 3 is 2.40 bits per heavy atom. The van der Waals surface area contributed by atoms with Crippen LogP contribution in [0, 0.1) is 6.92 Å². The maximum absolute atomic E-state index is 7.19. The van der Waals surface area contributed by atoms with Gasteiger partial charge in [-0.15, -0.1) is 0 Å². The van der Waals surface area contributed by atoms with Gasteiger partial charge in [0, 0.05) is 5.56 Å². The van der Waals surface area contributed by atoms with Crippen molar-refractivity contribution in [2.75, 3.05) is 0 Å². The SMILES string of the molecule is Cc1ccccc1C([NH])=S. The second kappa shape index (κ2) is 2.80. The molecule has 1 aromatic rings. The van der Waals surface area contributed by atoms with Crippen molar-refractivity contribution in [1.82, 2.24) is 5.73 Å². The highest BCUT2D eigenvalue weighted by Crippen LogP contribution is 2.06. The lowest BCUT2D eigenvalue weighted by molar-refractivity contribution is 1.43. The lowest BCUT2D eigenvalue weighted by Gasteiger charge is -1.99. The minimum Gasteiger partial charge on any atom is -0.289 e. The number of benzene rings is 1. The van der Waals surface area contributed by atoms with Gasteiger partial charge in [0.05, 0.1) is 0 Å². The van der Waals surface area contributed by atoms with Crippen LogP contribution in [0.5, 0.6) is 0 Å². The van der Waals surface area contributed by atoms with Crippen LogP contribution in [-0.2, 0) is 0 Å². The van der Waals surface area contributed by atoms with Gasteiger partial charge >= 0.3 is 0 Å². The van der Waals surface area contributed by atoms with E-state index < -0.39 is 0 Å². The summed E-state index contributed by atoms with van der Waals surface area (Å²) in [6.07, 6.45) is 0. The summed E-state index contributed by atoms with van der Waals surface area (Å²) in [5, 5.41) is 0. The summed E-state index contributed by atoms with van der Waals surface area (Å²) in [6.45, 7) is 1.95. The van der Waals surface area contributed by atoms with Crippen LogP contribution in [0.1, 0.15) is 11.1 Å². The van der Waals surface area contributed by atoms with Crippen LogP contribution < -0.4 is 5.73 Å². The van der Waals surface area contributed by atoms with E-state index in [-0.39, 0.29) is 4.99 Å². The number of nitrogens with one attached hydrogen (secondary N) is 1. The molecular weight excluding hydrogens is 142 g/mol. The highest BCUT2D eigenvalue weighted by molar-refractivity contribution is 7.80. The standard InChI is InChI=1S/C8H8NS/c1-6-4-2-3-5-7(6)8(9)10/h2-5,9H,1H3. The van der Waals surface area contributed by atoms with Gasteiger partial charge in [0.25, 0.3) is 0 Å². The molecule has 0 heterocycles. The summed E-state index contributed by atoms with van der Waals surface area (Å²) in [4.78, 5) is 0.220. The Balaban J connectivity index is 3.15. The van der Waals surface area contributed by atoms with E-state index in [1.54, 1.807) is 0 Å². The molecule has 0 saturated heterocycles. The van der Waals surface area contributed by atoms with Crippen molar-refractivity contribution in [3.05, 3.63) is 35.4 Å². The van der Waals surface area contributed by atoms with Crippen LogP contribution >= 0.6 is 12.2 Å². The first-order chi connectivity index (χ1) is 4.72. The third-order valence-corrected chi connectivity index (χ3v) is 1.61. The lowest BCUT2D eigenvalue weighted by atomic mass is 10.1. The summed E-state index contributed by atoms with van der Waals surface area (Å²) in [6, 6.07) is 7.65. The first-order valence-electron chi connectivity index (χ1n) is 3.03. The van der Waals surface area contributed by atoms with Gasteiger partial charge in [-0.1, -0.05) is 36.5 Å². The van der Waals surface area contributed by atoms with Crippen molar-refractivity contribution in [2.45, 2.75) is 6.92 Å². The van der Waals surface area contributed by atoms with Gasteiger partial charge in [-0.2, -0.15) is 0 Å². The number of aryl methyl sites for hydroxylation is 1. The molecule has 1 rings (SSSR count). The van der Waals surface area contributed by atoms with Crippen LogP contribution in [0.25, 0.3) is 0 Å². The molecule has 0 aliphatic rings. The summed E-state index contributed by atoms with van der Waals surface area (Å²) < 4.78 is 0. The Bertz CT molecular complexity index is 255. The van der Waals surface area contributed by atoms with Gasteiger partial charge in [0.15, 0.2) is 0 Å². The molecule has 0 unspecified atom stereocenters. The zero-order chi connectivity index (χ0) is 7.56. The molecule has 0 atom stereocenters. The Hall–Kier alpha value is -0.890. The normalized spacial score (nSPS) is 9.30. The third kappa shape index (κ3) is 1.33. The zero-order valence-corrected chi connectivity index (χ0v) is 6.53. The molecule has 0 aliphatic carbocycles. The predicted octanol–water partition coefficient (Wildman–Crippen LogP) is 1.95. The number of rotatable bonds is 1.